The monoisotopic (exact) mass is 351 g/mol. The number of carbonyl (C=O) groups is 1. The lowest BCUT2D eigenvalue weighted by Crippen LogP contribution is -2.26. The summed E-state index contributed by atoms with van der Waals surface area (Å²) in [5, 5.41) is 7.29. The van der Waals surface area contributed by atoms with Gasteiger partial charge in [-0.3, -0.25) is 4.79 Å². The second kappa shape index (κ2) is 9.08. The molecule has 128 valence electrons. The van der Waals surface area contributed by atoms with Crippen molar-refractivity contribution < 1.29 is 4.79 Å². The second-order valence-electron chi connectivity index (χ2n) is 5.67. The van der Waals surface area contributed by atoms with Crippen molar-refractivity contribution in [2.75, 3.05) is 12.3 Å². The zero-order chi connectivity index (χ0) is 17.3. The molecule has 0 bridgehead atoms. The molecule has 0 saturated heterocycles. The quantitative estimate of drug-likeness (QED) is 0.497. The van der Waals surface area contributed by atoms with Crippen molar-refractivity contribution in [1.82, 2.24) is 15.1 Å². The minimum absolute atomic E-state index is 0.0392. The summed E-state index contributed by atoms with van der Waals surface area (Å²) in [6.45, 7) is 0.700. The van der Waals surface area contributed by atoms with Gasteiger partial charge in [-0.2, -0.15) is 5.10 Å². The number of hydrogen-bond donors (Lipinski definition) is 1. The molecule has 0 atom stereocenters. The van der Waals surface area contributed by atoms with Gasteiger partial charge in [0.1, 0.15) is 0 Å². The molecule has 0 aliphatic heterocycles. The number of nitrogens with one attached hydrogen (secondary N) is 1. The van der Waals surface area contributed by atoms with Gasteiger partial charge in [-0.1, -0.05) is 36.4 Å². The van der Waals surface area contributed by atoms with Gasteiger partial charge in [-0.15, -0.1) is 11.8 Å². The van der Waals surface area contributed by atoms with E-state index < -0.39 is 0 Å². The Morgan fingerprint density at radius 1 is 1.04 bits per heavy atom. The number of amides is 1. The predicted molar refractivity (Wildman–Crippen MR) is 102 cm³/mol. The Balaban J connectivity index is 1.37. The molecule has 0 fully saturated rings. The van der Waals surface area contributed by atoms with E-state index in [9.17, 15) is 4.79 Å². The van der Waals surface area contributed by atoms with Gasteiger partial charge in [0.2, 0.25) is 5.91 Å². The molecular formula is C20H21N3OS. The number of nitrogens with zero attached hydrogens (tertiary/aromatic N) is 2. The lowest BCUT2D eigenvalue weighted by molar-refractivity contribution is -0.120. The van der Waals surface area contributed by atoms with Crippen molar-refractivity contribution in [3.63, 3.8) is 0 Å². The Hall–Kier alpha value is -2.53. The van der Waals surface area contributed by atoms with Crippen LogP contribution in [0.25, 0.3) is 5.69 Å². The summed E-state index contributed by atoms with van der Waals surface area (Å²) in [5.41, 5.74) is 1.91. The van der Waals surface area contributed by atoms with Crippen LogP contribution < -0.4 is 5.32 Å². The van der Waals surface area contributed by atoms with Crippen LogP contribution in [0.2, 0.25) is 0 Å². The number of aromatic nitrogens is 2. The normalized spacial score (nSPS) is 10.6. The number of hydrogen-bond acceptors (Lipinski definition) is 3. The molecule has 0 aliphatic rings. The van der Waals surface area contributed by atoms with Gasteiger partial charge in [-0.25, -0.2) is 4.68 Å². The van der Waals surface area contributed by atoms with Crippen molar-refractivity contribution >= 4 is 17.7 Å². The summed E-state index contributed by atoms with van der Waals surface area (Å²) in [6.07, 6.45) is 4.96. The maximum Gasteiger partial charge on any atom is 0.224 e. The average Bonchev–Trinajstić information content (AvgIpc) is 3.11. The van der Waals surface area contributed by atoms with E-state index in [0.29, 0.717) is 13.0 Å². The molecule has 3 rings (SSSR count). The third-order valence-electron chi connectivity index (χ3n) is 3.68. The molecule has 2 aromatic carbocycles. The molecule has 3 aromatic rings. The SMILES string of the molecule is O=C(Cc1cnn(-c2ccccc2)c1)NCCCSc1ccccc1. The summed E-state index contributed by atoms with van der Waals surface area (Å²) in [7, 11) is 0. The van der Waals surface area contributed by atoms with E-state index in [-0.39, 0.29) is 5.91 Å². The van der Waals surface area contributed by atoms with Crippen molar-refractivity contribution in [2.24, 2.45) is 0 Å². The molecule has 5 heteroatoms. The molecule has 0 aliphatic carbocycles. The van der Waals surface area contributed by atoms with Gasteiger partial charge < -0.3 is 5.32 Å². The van der Waals surface area contributed by atoms with E-state index in [0.717, 1.165) is 23.4 Å². The highest BCUT2D eigenvalue weighted by atomic mass is 32.2. The Labute approximate surface area is 152 Å². The molecule has 1 amide bonds. The third-order valence-corrected chi connectivity index (χ3v) is 4.77. The first-order valence-electron chi connectivity index (χ1n) is 8.35. The van der Waals surface area contributed by atoms with Crippen LogP contribution in [0.1, 0.15) is 12.0 Å². The summed E-state index contributed by atoms with van der Waals surface area (Å²) in [4.78, 5) is 13.3. The van der Waals surface area contributed by atoms with E-state index in [4.69, 9.17) is 0 Å². The van der Waals surface area contributed by atoms with Crippen molar-refractivity contribution in [3.8, 4) is 5.69 Å². The first-order chi connectivity index (χ1) is 12.3. The molecule has 0 unspecified atom stereocenters. The highest BCUT2D eigenvalue weighted by molar-refractivity contribution is 7.99. The standard InChI is InChI=1S/C20H21N3OS/c24-20(21-12-7-13-25-19-10-5-2-6-11-19)14-17-15-22-23(16-17)18-8-3-1-4-9-18/h1-6,8-11,15-16H,7,12-14H2,(H,21,24). The fourth-order valence-electron chi connectivity index (χ4n) is 2.43. The third kappa shape index (κ3) is 5.50. The summed E-state index contributed by atoms with van der Waals surface area (Å²) < 4.78 is 1.79. The molecule has 4 nitrogen and oxygen atoms in total. The van der Waals surface area contributed by atoms with Crippen molar-refractivity contribution in [2.45, 2.75) is 17.7 Å². The highest BCUT2D eigenvalue weighted by Gasteiger charge is 2.06. The molecule has 1 aromatic heterocycles. The zero-order valence-corrected chi connectivity index (χ0v) is 14.8. The van der Waals surface area contributed by atoms with Crippen molar-refractivity contribution in [1.29, 1.82) is 0 Å². The van der Waals surface area contributed by atoms with E-state index >= 15 is 0 Å². The Morgan fingerprint density at radius 2 is 1.76 bits per heavy atom. The molecular weight excluding hydrogens is 330 g/mol. The number of para-hydroxylation sites is 1. The minimum atomic E-state index is 0.0392. The minimum Gasteiger partial charge on any atom is -0.356 e. The fraction of sp³-hybridized carbons (Fsp3) is 0.200. The van der Waals surface area contributed by atoms with Crippen LogP contribution in [0.15, 0.2) is 78.0 Å². The van der Waals surface area contributed by atoms with E-state index in [2.05, 4.69) is 22.5 Å². The van der Waals surface area contributed by atoms with Crippen LogP contribution in [0.5, 0.6) is 0 Å². The molecule has 0 radical (unpaired) electrons. The van der Waals surface area contributed by atoms with Gasteiger partial charge in [-0.05, 0) is 42.0 Å². The molecule has 25 heavy (non-hydrogen) atoms. The van der Waals surface area contributed by atoms with Crippen molar-refractivity contribution in [3.05, 3.63) is 78.6 Å². The first kappa shape index (κ1) is 17.3. The first-order valence-corrected chi connectivity index (χ1v) is 9.33. The van der Waals surface area contributed by atoms with Crippen LogP contribution in [-0.4, -0.2) is 28.0 Å². The highest BCUT2D eigenvalue weighted by Crippen LogP contribution is 2.17. The van der Waals surface area contributed by atoms with Crippen LogP contribution in [0.3, 0.4) is 0 Å². The summed E-state index contributed by atoms with van der Waals surface area (Å²) in [6, 6.07) is 20.2. The lowest BCUT2D eigenvalue weighted by Gasteiger charge is -2.04. The van der Waals surface area contributed by atoms with Gasteiger partial charge in [0.25, 0.3) is 0 Å². The van der Waals surface area contributed by atoms with E-state index in [1.165, 1.54) is 4.90 Å². The Kier molecular flexibility index (Phi) is 6.29. The number of carbonyl (C=O) groups excluding carboxylic acids is 1. The van der Waals surface area contributed by atoms with Crippen LogP contribution in [0.4, 0.5) is 0 Å². The average molecular weight is 351 g/mol. The Morgan fingerprint density at radius 3 is 2.52 bits per heavy atom. The lowest BCUT2D eigenvalue weighted by atomic mass is 10.2. The van der Waals surface area contributed by atoms with Gasteiger partial charge in [0, 0.05) is 17.6 Å². The summed E-state index contributed by atoms with van der Waals surface area (Å²) in [5.74, 6) is 1.04. The smallest absolute Gasteiger partial charge is 0.224 e. The zero-order valence-electron chi connectivity index (χ0n) is 14.0. The van der Waals surface area contributed by atoms with Gasteiger partial charge in [0.15, 0.2) is 0 Å². The van der Waals surface area contributed by atoms with Crippen LogP contribution in [0, 0.1) is 0 Å². The van der Waals surface area contributed by atoms with Gasteiger partial charge in [0.05, 0.1) is 18.3 Å². The number of rotatable bonds is 8. The van der Waals surface area contributed by atoms with E-state index in [1.807, 2.05) is 66.5 Å². The van der Waals surface area contributed by atoms with Crippen LogP contribution >= 0.6 is 11.8 Å². The molecule has 1 N–H and O–H groups in total. The molecule has 0 saturated carbocycles. The predicted octanol–water partition coefficient (Wildman–Crippen LogP) is 3.71. The number of benzene rings is 2. The van der Waals surface area contributed by atoms with Gasteiger partial charge >= 0.3 is 0 Å². The molecule has 0 spiro atoms. The number of thioether (sulfide) groups is 1. The fourth-order valence-corrected chi connectivity index (χ4v) is 3.30. The maximum atomic E-state index is 12.0. The molecule has 1 heterocycles. The second-order valence-corrected chi connectivity index (χ2v) is 6.84. The maximum absolute atomic E-state index is 12.0. The summed E-state index contributed by atoms with van der Waals surface area (Å²) >= 11 is 1.81. The van der Waals surface area contributed by atoms with E-state index in [1.54, 1.807) is 10.9 Å². The Bertz CT molecular complexity index is 787. The topological polar surface area (TPSA) is 46.9 Å². The largest absolute Gasteiger partial charge is 0.356 e. The van der Waals surface area contributed by atoms with Crippen LogP contribution in [-0.2, 0) is 11.2 Å².